The van der Waals surface area contributed by atoms with E-state index < -0.39 is 35.5 Å². The highest BCUT2D eigenvalue weighted by Crippen LogP contribution is 2.11. The summed E-state index contributed by atoms with van der Waals surface area (Å²) in [4.78, 5) is 45.7. The lowest BCUT2D eigenvalue weighted by Gasteiger charge is -2.21. The van der Waals surface area contributed by atoms with Crippen molar-refractivity contribution in [3.05, 3.63) is 0 Å². The summed E-state index contributed by atoms with van der Waals surface area (Å²) in [7, 11) is 0. The number of rotatable bonds is 6. The van der Waals surface area contributed by atoms with Gasteiger partial charge in [0, 0.05) is 12.8 Å². The Morgan fingerprint density at radius 3 is 2.50 bits per heavy atom. The number of hydrogen-bond donors (Lipinski definition) is 3. The molecule has 124 valence electrons. The van der Waals surface area contributed by atoms with Crippen LogP contribution in [0.4, 0.5) is 0 Å². The topological polar surface area (TPSA) is 122 Å². The molecule has 1 heterocycles. The van der Waals surface area contributed by atoms with Crippen molar-refractivity contribution in [2.75, 3.05) is 0 Å². The van der Waals surface area contributed by atoms with Crippen molar-refractivity contribution in [1.82, 2.24) is 10.6 Å². The van der Waals surface area contributed by atoms with Crippen molar-refractivity contribution in [1.29, 1.82) is 0 Å². The van der Waals surface area contributed by atoms with Gasteiger partial charge in [-0.25, -0.2) is 4.79 Å². The molecule has 8 nitrogen and oxygen atoms in total. The Bertz CT molecular complexity index is 468. The predicted octanol–water partition coefficient (Wildman–Crippen LogP) is -0.0437. The van der Waals surface area contributed by atoms with E-state index in [9.17, 15) is 19.2 Å². The van der Waals surface area contributed by atoms with Crippen LogP contribution in [0.1, 0.15) is 46.5 Å². The standard InChI is InChI=1S/C14H22N2O6/c1-14(2,3)22-11(18)7-5-9(13(20)21)16-12(19)8-4-6-10(17)15-8/h8-9H,4-7H2,1-3H3,(H,15,17)(H,16,19)(H,20,21). The van der Waals surface area contributed by atoms with Gasteiger partial charge in [-0.05, 0) is 33.6 Å². The van der Waals surface area contributed by atoms with Gasteiger partial charge >= 0.3 is 11.9 Å². The van der Waals surface area contributed by atoms with Crippen molar-refractivity contribution in [3.8, 4) is 0 Å². The monoisotopic (exact) mass is 314 g/mol. The lowest BCUT2D eigenvalue weighted by molar-refractivity contribution is -0.155. The number of ether oxygens (including phenoxy) is 1. The van der Waals surface area contributed by atoms with Crippen LogP contribution in [-0.2, 0) is 23.9 Å². The lowest BCUT2D eigenvalue weighted by atomic mass is 10.1. The zero-order valence-corrected chi connectivity index (χ0v) is 13.0. The molecule has 8 heteroatoms. The molecule has 22 heavy (non-hydrogen) atoms. The molecule has 1 aliphatic heterocycles. The van der Waals surface area contributed by atoms with E-state index in [2.05, 4.69) is 10.6 Å². The first-order chi connectivity index (χ1) is 10.1. The second kappa shape index (κ2) is 7.24. The van der Waals surface area contributed by atoms with E-state index in [4.69, 9.17) is 9.84 Å². The highest BCUT2D eigenvalue weighted by molar-refractivity contribution is 5.92. The molecule has 2 atom stereocenters. The summed E-state index contributed by atoms with van der Waals surface area (Å²) < 4.78 is 5.09. The molecule has 0 radical (unpaired) electrons. The van der Waals surface area contributed by atoms with Crippen LogP contribution in [0.3, 0.4) is 0 Å². The van der Waals surface area contributed by atoms with Crippen LogP contribution in [0.2, 0.25) is 0 Å². The number of carbonyl (C=O) groups excluding carboxylic acids is 3. The number of aliphatic carboxylic acids is 1. The molecule has 2 amide bonds. The first-order valence-corrected chi connectivity index (χ1v) is 7.13. The molecule has 0 bridgehead atoms. The van der Waals surface area contributed by atoms with E-state index in [-0.39, 0.29) is 25.2 Å². The Balaban J connectivity index is 2.48. The van der Waals surface area contributed by atoms with E-state index in [0.29, 0.717) is 6.42 Å². The lowest BCUT2D eigenvalue weighted by Crippen LogP contribution is -2.49. The largest absolute Gasteiger partial charge is 0.480 e. The Morgan fingerprint density at radius 2 is 2.05 bits per heavy atom. The number of amides is 2. The minimum absolute atomic E-state index is 0.0728. The van der Waals surface area contributed by atoms with Crippen LogP contribution in [0.5, 0.6) is 0 Å². The van der Waals surface area contributed by atoms with Gasteiger partial charge in [0.1, 0.15) is 17.7 Å². The van der Waals surface area contributed by atoms with Crippen LogP contribution in [0.15, 0.2) is 0 Å². The molecule has 0 aromatic heterocycles. The molecule has 0 aliphatic carbocycles. The Morgan fingerprint density at radius 1 is 1.41 bits per heavy atom. The fourth-order valence-corrected chi connectivity index (χ4v) is 2.00. The normalized spacial score (nSPS) is 19.2. The smallest absolute Gasteiger partial charge is 0.326 e. The quantitative estimate of drug-likeness (QED) is 0.591. The number of hydrogen-bond acceptors (Lipinski definition) is 5. The zero-order chi connectivity index (χ0) is 16.9. The maximum Gasteiger partial charge on any atom is 0.326 e. The molecule has 0 aromatic rings. The van der Waals surface area contributed by atoms with Gasteiger partial charge in [-0.1, -0.05) is 0 Å². The minimum atomic E-state index is -1.23. The number of carboxylic acids is 1. The molecule has 0 aromatic carbocycles. The van der Waals surface area contributed by atoms with Gasteiger partial charge in [0.15, 0.2) is 0 Å². The molecule has 0 spiro atoms. The molecule has 0 saturated carbocycles. The van der Waals surface area contributed by atoms with Gasteiger partial charge in [0.2, 0.25) is 11.8 Å². The second-order valence-electron chi connectivity index (χ2n) is 6.18. The molecule has 1 saturated heterocycles. The zero-order valence-electron chi connectivity index (χ0n) is 13.0. The Kier molecular flexibility index (Phi) is 5.90. The van der Waals surface area contributed by atoms with Gasteiger partial charge in [0.05, 0.1) is 0 Å². The van der Waals surface area contributed by atoms with Gasteiger partial charge in [-0.2, -0.15) is 0 Å². The third-order valence-corrected chi connectivity index (χ3v) is 2.98. The maximum absolute atomic E-state index is 11.9. The fourth-order valence-electron chi connectivity index (χ4n) is 2.00. The van der Waals surface area contributed by atoms with Crippen LogP contribution >= 0.6 is 0 Å². The van der Waals surface area contributed by atoms with Crippen LogP contribution in [0.25, 0.3) is 0 Å². The minimum Gasteiger partial charge on any atom is -0.480 e. The van der Waals surface area contributed by atoms with E-state index in [1.807, 2.05) is 0 Å². The Labute approximate surface area is 128 Å². The molecule has 3 N–H and O–H groups in total. The summed E-state index contributed by atoms with van der Waals surface area (Å²) in [6.07, 6.45) is 0.388. The molecular formula is C14H22N2O6. The average Bonchev–Trinajstić information content (AvgIpc) is 2.78. The molecular weight excluding hydrogens is 292 g/mol. The molecule has 1 rings (SSSR count). The van der Waals surface area contributed by atoms with E-state index in [1.54, 1.807) is 20.8 Å². The van der Waals surface area contributed by atoms with Crippen molar-refractivity contribution in [2.24, 2.45) is 0 Å². The fraction of sp³-hybridized carbons (Fsp3) is 0.714. The number of carboxylic acid groups (broad SMARTS) is 1. The van der Waals surface area contributed by atoms with E-state index in [1.165, 1.54) is 0 Å². The van der Waals surface area contributed by atoms with Gasteiger partial charge in [-0.15, -0.1) is 0 Å². The summed E-state index contributed by atoms with van der Waals surface area (Å²) in [5, 5.41) is 13.9. The maximum atomic E-state index is 11.9. The average molecular weight is 314 g/mol. The number of carbonyl (C=O) groups is 4. The summed E-state index contributed by atoms with van der Waals surface area (Å²) in [5.41, 5.74) is -0.646. The third-order valence-electron chi connectivity index (χ3n) is 2.98. The van der Waals surface area contributed by atoms with Crippen molar-refractivity contribution in [2.45, 2.75) is 64.1 Å². The summed E-state index contributed by atoms with van der Waals surface area (Å²) in [5.74, 6) is -2.55. The van der Waals surface area contributed by atoms with Crippen molar-refractivity contribution < 1.29 is 29.0 Å². The summed E-state index contributed by atoms with van der Waals surface area (Å²) in [6.45, 7) is 5.14. The first-order valence-electron chi connectivity index (χ1n) is 7.13. The molecule has 2 unspecified atom stereocenters. The van der Waals surface area contributed by atoms with Crippen molar-refractivity contribution >= 4 is 23.8 Å². The Hall–Kier alpha value is -2.12. The van der Waals surface area contributed by atoms with Crippen LogP contribution in [-0.4, -0.2) is 46.5 Å². The summed E-state index contributed by atoms with van der Waals surface area (Å²) >= 11 is 0. The van der Waals surface area contributed by atoms with Gasteiger partial charge in [0.25, 0.3) is 0 Å². The first kappa shape index (κ1) is 17.9. The predicted molar refractivity (Wildman–Crippen MR) is 75.8 cm³/mol. The van der Waals surface area contributed by atoms with Crippen LogP contribution < -0.4 is 10.6 Å². The highest BCUT2D eigenvalue weighted by Gasteiger charge is 2.30. The second-order valence-corrected chi connectivity index (χ2v) is 6.18. The van der Waals surface area contributed by atoms with E-state index in [0.717, 1.165) is 0 Å². The van der Waals surface area contributed by atoms with Gasteiger partial charge in [-0.3, -0.25) is 14.4 Å². The number of nitrogens with one attached hydrogen (secondary N) is 2. The van der Waals surface area contributed by atoms with Gasteiger partial charge < -0.3 is 20.5 Å². The van der Waals surface area contributed by atoms with Crippen molar-refractivity contribution in [3.63, 3.8) is 0 Å². The number of esters is 1. The SMILES string of the molecule is CC(C)(C)OC(=O)CCC(NC(=O)C1CCC(=O)N1)C(=O)O. The molecule has 1 aliphatic rings. The molecule has 1 fully saturated rings. The van der Waals surface area contributed by atoms with Crippen LogP contribution in [0, 0.1) is 0 Å². The van der Waals surface area contributed by atoms with E-state index >= 15 is 0 Å². The summed E-state index contributed by atoms with van der Waals surface area (Å²) in [6, 6.07) is -1.91. The third kappa shape index (κ3) is 6.11. The highest BCUT2D eigenvalue weighted by atomic mass is 16.6.